The van der Waals surface area contributed by atoms with E-state index in [1.54, 1.807) is 0 Å². The standard InChI is InChI=1S/C23H34O3/c1-2-3-4-5-6-7-13-21(25)16-15-19-11-10-12-20(18-19)23-22(26-23)14-8-9-17-24/h6-7,10-12,15-16,18,21-25H,2-5,8-9,13-14,17H2,1H3/b7-6-,16-15+. The van der Waals surface area contributed by atoms with Crippen molar-refractivity contribution >= 4 is 6.08 Å². The molecule has 0 spiro atoms. The lowest BCUT2D eigenvalue weighted by molar-refractivity contribution is 0.227. The van der Waals surface area contributed by atoms with Crippen LogP contribution in [-0.4, -0.2) is 29.0 Å². The Morgan fingerprint density at radius 3 is 2.85 bits per heavy atom. The molecule has 3 atom stereocenters. The molecule has 26 heavy (non-hydrogen) atoms. The van der Waals surface area contributed by atoms with E-state index >= 15 is 0 Å². The topological polar surface area (TPSA) is 53.0 Å². The van der Waals surface area contributed by atoms with Crippen LogP contribution in [0.2, 0.25) is 0 Å². The first-order valence-electron chi connectivity index (χ1n) is 10.1. The largest absolute Gasteiger partial charge is 0.396 e. The molecule has 1 saturated heterocycles. The van der Waals surface area contributed by atoms with Gasteiger partial charge in [0, 0.05) is 6.61 Å². The third-order valence-corrected chi connectivity index (χ3v) is 4.75. The number of hydrogen-bond acceptors (Lipinski definition) is 3. The van der Waals surface area contributed by atoms with Gasteiger partial charge < -0.3 is 14.9 Å². The van der Waals surface area contributed by atoms with Crippen LogP contribution < -0.4 is 0 Å². The van der Waals surface area contributed by atoms with Crippen molar-refractivity contribution in [2.24, 2.45) is 0 Å². The van der Waals surface area contributed by atoms with Crippen LogP contribution in [0, 0.1) is 0 Å². The highest BCUT2D eigenvalue weighted by Crippen LogP contribution is 2.41. The first-order valence-corrected chi connectivity index (χ1v) is 10.1. The molecule has 3 unspecified atom stereocenters. The van der Waals surface area contributed by atoms with Gasteiger partial charge in [0.05, 0.1) is 12.2 Å². The summed E-state index contributed by atoms with van der Waals surface area (Å²) in [5, 5.41) is 18.9. The number of unbranched alkanes of at least 4 members (excludes halogenated alkanes) is 4. The van der Waals surface area contributed by atoms with Gasteiger partial charge in [-0.05, 0) is 55.7 Å². The molecular formula is C23H34O3. The van der Waals surface area contributed by atoms with Gasteiger partial charge in [0.1, 0.15) is 6.10 Å². The van der Waals surface area contributed by atoms with E-state index in [1.807, 2.05) is 18.2 Å². The minimum atomic E-state index is -0.440. The van der Waals surface area contributed by atoms with Crippen LogP contribution in [0.5, 0.6) is 0 Å². The zero-order chi connectivity index (χ0) is 18.6. The second-order valence-electron chi connectivity index (χ2n) is 7.11. The van der Waals surface area contributed by atoms with Crippen molar-refractivity contribution in [2.75, 3.05) is 6.61 Å². The molecule has 3 nitrogen and oxygen atoms in total. The highest BCUT2D eigenvalue weighted by atomic mass is 16.6. The zero-order valence-corrected chi connectivity index (χ0v) is 16.0. The van der Waals surface area contributed by atoms with Crippen LogP contribution in [0.15, 0.2) is 42.5 Å². The van der Waals surface area contributed by atoms with Crippen LogP contribution in [0.4, 0.5) is 0 Å². The highest BCUT2D eigenvalue weighted by Gasteiger charge is 2.39. The van der Waals surface area contributed by atoms with Gasteiger partial charge in [-0.25, -0.2) is 0 Å². The Bertz CT molecular complexity index is 564. The number of rotatable bonds is 13. The van der Waals surface area contributed by atoms with Crippen molar-refractivity contribution in [1.82, 2.24) is 0 Å². The Hall–Kier alpha value is -1.42. The van der Waals surface area contributed by atoms with Crippen LogP contribution in [0.3, 0.4) is 0 Å². The zero-order valence-electron chi connectivity index (χ0n) is 16.0. The third-order valence-electron chi connectivity index (χ3n) is 4.75. The molecule has 2 N–H and O–H groups in total. The molecule has 0 radical (unpaired) electrons. The maximum Gasteiger partial charge on any atom is 0.109 e. The smallest absolute Gasteiger partial charge is 0.109 e. The van der Waals surface area contributed by atoms with Gasteiger partial charge in [-0.15, -0.1) is 0 Å². The second-order valence-corrected chi connectivity index (χ2v) is 7.11. The maximum atomic E-state index is 10.1. The van der Waals surface area contributed by atoms with Gasteiger partial charge >= 0.3 is 0 Å². The summed E-state index contributed by atoms with van der Waals surface area (Å²) in [4.78, 5) is 0. The predicted molar refractivity (Wildman–Crippen MR) is 108 cm³/mol. The Morgan fingerprint density at radius 1 is 1.15 bits per heavy atom. The number of hydrogen-bond donors (Lipinski definition) is 2. The fourth-order valence-corrected chi connectivity index (χ4v) is 3.12. The third kappa shape index (κ3) is 7.86. The SMILES string of the molecule is CCCCC/C=C\CC(O)/C=C/c1cccc(C2OC2CCCCO)c1. The molecule has 1 heterocycles. The molecule has 0 aromatic heterocycles. The monoisotopic (exact) mass is 358 g/mol. The first-order chi connectivity index (χ1) is 12.7. The number of benzene rings is 1. The Balaban J connectivity index is 1.74. The number of allylic oxidation sites excluding steroid dienone is 1. The first kappa shape index (κ1) is 20.9. The minimum absolute atomic E-state index is 0.193. The predicted octanol–water partition coefficient (Wildman–Crippen LogP) is 5.19. The van der Waals surface area contributed by atoms with Gasteiger partial charge in [0.2, 0.25) is 0 Å². The van der Waals surface area contributed by atoms with Gasteiger partial charge in [-0.3, -0.25) is 0 Å². The van der Waals surface area contributed by atoms with E-state index in [4.69, 9.17) is 9.84 Å². The summed E-state index contributed by atoms with van der Waals surface area (Å²) in [6.45, 7) is 2.47. The van der Waals surface area contributed by atoms with Crippen LogP contribution >= 0.6 is 0 Å². The van der Waals surface area contributed by atoms with Crippen molar-refractivity contribution in [3.8, 4) is 0 Å². The molecule has 1 aliphatic rings. The quantitative estimate of drug-likeness (QED) is 0.290. The summed E-state index contributed by atoms with van der Waals surface area (Å²) >= 11 is 0. The summed E-state index contributed by atoms with van der Waals surface area (Å²) in [5.41, 5.74) is 2.30. The molecule has 3 heteroatoms. The van der Waals surface area contributed by atoms with Crippen molar-refractivity contribution < 1.29 is 14.9 Å². The van der Waals surface area contributed by atoms with Gasteiger partial charge in [0.15, 0.2) is 0 Å². The lowest BCUT2D eigenvalue weighted by Crippen LogP contribution is -1.99. The number of aliphatic hydroxyl groups excluding tert-OH is 2. The average molecular weight is 359 g/mol. The normalized spacial score (nSPS) is 20.9. The van der Waals surface area contributed by atoms with Gasteiger partial charge in [0.25, 0.3) is 0 Å². The van der Waals surface area contributed by atoms with Crippen LogP contribution in [0.1, 0.15) is 75.5 Å². The average Bonchev–Trinajstić information content (AvgIpc) is 3.43. The van der Waals surface area contributed by atoms with E-state index in [-0.39, 0.29) is 12.7 Å². The van der Waals surface area contributed by atoms with Gasteiger partial charge in [-0.2, -0.15) is 0 Å². The molecule has 0 saturated carbocycles. The molecule has 1 fully saturated rings. The molecular weight excluding hydrogens is 324 g/mol. The van der Waals surface area contributed by atoms with E-state index in [9.17, 15) is 5.11 Å². The van der Waals surface area contributed by atoms with Crippen LogP contribution in [0.25, 0.3) is 6.08 Å². The van der Waals surface area contributed by atoms with E-state index in [0.717, 1.165) is 31.2 Å². The summed E-state index contributed by atoms with van der Waals surface area (Å²) in [7, 11) is 0. The number of aliphatic hydroxyl groups is 2. The summed E-state index contributed by atoms with van der Waals surface area (Å²) in [5.74, 6) is 0. The van der Waals surface area contributed by atoms with E-state index in [2.05, 4.69) is 37.3 Å². The van der Waals surface area contributed by atoms with Crippen molar-refractivity contribution in [3.05, 3.63) is 53.6 Å². The van der Waals surface area contributed by atoms with Crippen molar-refractivity contribution in [1.29, 1.82) is 0 Å². The molecule has 0 aliphatic carbocycles. The molecule has 1 aromatic rings. The van der Waals surface area contributed by atoms with Crippen molar-refractivity contribution in [3.63, 3.8) is 0 Å². The molecule has 0 amide bonds. The molecule has 144 valence electrons. The van der Waals surface area contributed by atoms with E-state index < -0.39 is 6.10 Å². The minimum Gasteiger partial charge on any atom is -0.396 e. The van der Waals surface area contributed by atoms with Gasteiger partial charge in [-0.1, -0.05) is 62.3 Å². The molecule has 0 bridgehead atoms. The fraction of sp³-hybridized carbons (Fsp3) is 0.565. The fourth-order valence-electron chi connectivity index (χ4n) is 3.12. The van der Waals surface area contributed by atoms with E-state index in [1.165, 1.54) is 24.8 Å². The van der Waals surface area contributed by atoms with E-state index in [0.29, 0.717) is 12.5 Å². The number of epoxide rings is 1. The van der Waals surface area contributed by atoms with Crippen LogP contribution in [-0.2, 0) is 4.74 Å². The highest BCUT2D eigenvalue weighted by molar-refractivity contribution is 5.51. The summed E-state index contributed by atoms with van der Waals surface area (Å²) in [6.07, 6.45) is 16.5. The second kappa shape index (κ2) is 12.1. The summed E-state index contributed by atoms with van der Waals surface area (Å²) < 4.78 is 5.76. The molecule has 2 rings (SSSR count). The maximum absolute atomic E-state index is 10.1. The van der Waals surface area contributed by atoms with Crippen molar-refractivity contribution in [2.45, 2.75) is 76.6 Å². The number of ether oxygens (including phenoxy) is 1. The lowest BCUT2D eigenvalue weighted by atomic mass is 10.0. The Morgan fingerprint density at radius 2 is 2.04 bits per heavy atom. The lowest BCUT2D eigenvalue weighted by Gasteiger charge is -2.02. The summed E-state index contributed by atoms with van der Waals surface area (Å²) in [6, 6.07) is 8.34. The Kier molecular flexibility index (Phi) is 9.68. The Labute approximate surface area is 158 Å². The molecule has 1 aliphatic heterocycles. The molecule has 1 aromatic carbocycles.